The molecule has 1 heteroatoms. The topological polar surface area (TPSA) is 17.1 Å². The first-order chi connectivity index (χ1) is 8.55. The molecule has 0 aromatic heterocycles. The van der Waals surface area contributed by atoms with E-state index in [2.05, 4.69) is 47.6 Å². The van der Waals surface area contributed by atoms with Crippen LogP contribution in [0.3, 0.4) is 0 Å². The highest BCUT2D eigenvalue weighted by molar-refractivity contribution is 5.98. The number of hydrogen-bond acceptors (Lipinski definition) is 1. The molecule has 0 bridgehead atoms. The van der Waals surface area contributed by atoms with E-state index in [1.807, 2.05) is 12.2 Å². The largest absolute Gasteiger partial charge is 0.294 e. The Hall–Kier alpha value is -0.850. The summed E-state index contributed by atoms with van der Waals surface area (Å²) >= 11 is 0. The molecule has 2 rings (SSSR count). The average molecular weight is 260 g/mol. The van der Waals surface area contributed by atoms with Crippen molar-refractivity contribution in [3.63, 3.8) is 0 Å². The van der Waals surface area contributed by atoms with Crippen molar-refractivity contribution in [2.24, 2.45) is 22.2 Å². The molecule has 1 nitrogen and oxygen atoms in total. The Morgan fingerprint density at radius 1 is 1.11 bits per heavy atom. The maximum Gasteiger partial charge on any atom is 0.165 e. The summed E-state index contributed by atoms with van der Waals surface area (Å²) in [4.78, 5) is 12.4. The molecule has 0 saturated heterocycles. The van der Waals surface area contributed by atoms with Crippen LogP contribution < -0.4 is 0 Å². The second-order valence-corrected chi connectivity index (χ2v) is 8.51. The van der Waals surface area contributed by atoms with Gasteiger partial charge in [-0.2, -0.15) is 0 Å². The van der Waals surface area contributed by atoms with Gasteiger partial charge >= 0.3 is 0 Å². The van der Waals surface area contributed by atoms with Crippen LogP contribution in [0.4, 0.5) is 0 Å². The van der Waals surface area contributed by atoms with Gasteiger partial charge in [0.25, 0.3) is 0 Å². The molecule has 19 heavy (non-hydrogen) atoms. The Balaban J connectivity index is 2.32. The summed E-state index contributed by atoms with van der Waals surface area (Å²) in [6.45, 7) is 13.6. The van der Waals surface area contributed by atoms with Crippen LogP contribution >= 0.6 is 0 Å². The highest BCUT2D eigenvalue weighted by Gasteiger charge is 2.47. The molecular formula is C18H28O. The molecule has 2 aliphatic carbocycles. The number of rotatable bonds is 0. The highest BCUT2D eigenvalue weighted by Crippen LogP contribution is 2.52. The number of allylic oxidation sites excluding steroid dienone is 4. The van der Waals surface area contributed by atoms with E-state index in [0.29, 0.717) is 17.1 Å². The van der Waals surface area contributed by atoms with Crippen molar-refractivity contribution in [1.82, 2.24) is 0 Å². The molecule has 0 amide bonds. The van der Waals surface area contributed by atoms with E-state index in [9.17, 15) is 4.79 Å². The quantitative estimate of drug-likeness (QED) is 0.603. The first kappa shape index (κ1) is 14.6. The van der Waals surface area contributed by atoms with Crippen LogP contribution in [0.1, 0.15) is 60.8 Å². The van der Waals surface area contributed by atoms with Gasteiger partial charge in [-0.15, -0.1) is 0 Å². The number of hydrogen-bond donors (Lipinski definition) is 0. The lowest BCUT2D eigenvalue weighted by molar-refractivity contribution is -0.121. The van der Waals surface area contributed by atoms with Gasteiger partial charge in [-0.1, -0.05) is 53.7 Å². The summed E-state index contributed by atoms with van der Waals surface area (Å²) < 4.78 is 0. The lowest BCUT2D eigenvalue weighted by Crippen LogP contribution is -2.30. The molecule has 0 heterocycles. The van der Waals surface area contributed by atoms with E-state index < -0.39 is 0 Å². The summed E-state index contributed by atoms with van der Waals surface area (Å²) in [6.07, 6.45) is 9.37. The SMILES string of the molecule is CC(C)(C)C1=C[C@]2(CC[C@@H](C(C)(C)C)C2)C(=O)C=C1. The Labute approximate surface area is 118 Å². The van der Waals surface area contributed by atoms with Crippen LogP contribution in [-0.2, 0) is 4.79 Å². The van der Waals surface area contributed by atoms with Crippen molar-refractivity contribution in [2.45, 2.75) is 60.8 Å². The van der Waals surface area contributed by atoms with Crippen LogP contribution in [0.15, 0.2) is 23.8 Å². The van der Waals surface area contributed by atoms with Crippen molar-refractivity contribution >= 4 is 5.78 Å². The third kappa shape index (κ3) is 2.70. The standard InChI is InChI=1S/C18H28O/c1-16(2,3)13-7-8-15(19)18(11-13)10-9-14(12-18)17(4,5)6/h7-8,11,14H,9-10,12H2,1-6H3/t14-,18+/m1/s1. The molecule has 2 aliphatic rings. The predicted octanol–water partition coefficient (Wildman–Crippen LogP) is 4.93. The molecule has 0 N–H and O–H groups in total. The van der Waals surface area contributed by atoms with Gasteiger partial charge < -0.3 is 0 Å². The monoisotopic (exact) mass is 260 g/mol. The lowest BCUT2D eigenvalue weighted by atomic mass is 9.70. The third-order valence-electron chi connectivity index (χ3n) is 4.98. The maximum absolute atomic E-state index is 12.4. The third-order valence-corrected chi connectivity index (χ3v) is 4.98. The van der Waals surface area contributed by atoms with E-state index in [4.69, 9.17) is 0 Å². The maximum atomic E-state index is 12.4. The van der Waals surface area contributed by atoms with Gasteiger partial charge in [0.15, 0.2) is 5.78 Å². The van der Waals surface area contributed by atoms with E-state index in [-0.39, 0.29) is 10.8 Å². The van der Waals surface area contributed by atoms with E-state index in [1.54, 1.807) is 0 Å². The first-order valence-corrected chi connectivity index (χ1v) is 7.50. The van der Waals surface area contributed by atoms with Gasteiger partial charge in [0, 0.05) is 0 Å². The van der Waals surface area contributed by atoms with Gasteiger partial charge in [0.1, 0.15) is 0 Å². The number of carbonyl (C=O) groups is 1. The fourth-order valence-electron chi connectivity index (χ4n) is 3.38. The summed E-state index contributed by atoms with van der Waals surface area (Å²) in [7, 11) is 0. The fourth-order valence-corrected chi connectivity index (χ4v) is 3.38. The molecule has 0 aliphatic heterocycles. The summed E-state index contributed by atoms with van der Waals surface area (Å²) in [5.41, 5.74) is 1.56. The van der Waals surface area contributed by atoms with Gasteiger partial charge in [0.2, 0.25) is 0 Å². The lowest BCUT2D eigenvalue weighted by Gasteiger charge is -2.33. The molecule has 0 unspecified atom stereocenters. The zero-order chi connectivity index (χ0) is 14.5. The molecular weight excluding hydrogens is 232 g/mol. The normalized spacial score (nSPS) is 32.0. The Morgan fingerprint density at radius 2 is 1.74 bits per heavy atom. The van der Waals surface area contributed by atoms with Crippen LogP contribution in [0.2, 0.25) is 0 Å². The van der Waals surface area contributed by atoms with Gasteiger partial charge in [-0.25, -0.2) is 0 Å². The Morgan fingerprint density at radius 3 is 2.21 bits per heavy atom. The Bertz CT molecular complexity index is 439. The van der Waals surface area contributed by atoms with Crippen LogP contribution in [0.25, 0.3) is 0 Å². The minimum absolute atomic E-state index is 0.129. The van der Waals surface area contributed by atoms with Crippen molar-refractivity contribution in [3.8, 4) is 0 Å². The molecule has 1 saturated carbocycles. The molecule has 1 spiro atoms. The van der Waals surface area contributed by atoms with Crippen molar-refractivity contribution in [2.75, 3.05) is 0 Å². The smallest absolute Gasteiger partial charge is 0.165 e. The first-order valence-electron chi connectivity index (χ1n) is 7.50. The van der Waals surface area contributed by atoms with E-state index in [1.165, 1.54) is 12.0 Å². The molecule has 106 valence electrons. The Kier molecular flexibility index (Phi) is 3.32. The number of carbonyl (C=O) groups excluding carboxylic acids is 1. The van der Waals surface area contributed by atoms with Crippen molar-refractivity contribution < 1.29 is 4.79 Å². The minimum Gasteiger partial charge on any atom is -0.294 e. The minimum atomic E-state index is -0.199. The molecule has 0 aromatic carbocycles. The zero-order valence-electron chi connectivity index (χ0n) is 13.3. The predicted molar refractivity (Wildman–Crippen MR) is 80.9 cm³/mol. The van der Waals surface area contributed by atoms with Crippen LogP contribution in [0.5, 0.6) is 0 Å². The van der Waals surface area contributed by atoms with Crippen LogP contribution in [0, 0.1) is 22.2 Å². The van der Waals surface area contributed by atoms with Gasteiger partial charge in [-0.05, 0) is 47.7 Å². The summed E-state index contributed by atoms with van der Waals surface area (Å²) in [5, 5.41) is 0. The summed E-state index contributed by atoms with van der Waals surface area (Å²) in [6, 6.07) is 0. The fraction of sp³-hybridized carbons (Fsp3) is 0.722. The summed E-state index contributed by atoms with van der Waals surface area (Å²) in [5.74, 6) is 0.979. The average Bonchev–Trinajstić information content (AvgIpc) is 2.66. The van der Waals surface area contributed by atoms with Gasteiger partial charge in [0.05, 0.1) is 5.41 Å². The highest BCUT2D eigenvalue weighted by atomic mass is 16.1. The molecule has 1 fully saturated rings. The second kappa shape index (κ2) is 4.33. The second-order valence-electron chi connectivity index (χ2n) is 8.51. The number of ketones is 1. The zero-order valence-corrected chi connectivity index (χ0v) is 13.3. The molecule has 0 aromatic rings. The van der Waals surface area contributed by atoms with E-state index >= 15 is 0 Å². The van der Waals surface area contributed by atoms with Crippen LogP contribution in [-0.4, -0.2) is 5.78 Å². The van der Waals surface area contributed by atoms with E-state index in [0.717, 1.165) is 12.8 Å². The van der Waals surface area contributed by atoms with Crippen molar-refractivity contribution in [1.29, 1.82) is 0 Å². The molecule has 0 radical (unpaired) electrons. The molecule has 2 atom stereocenters. The van der Waals surface area contributed by atoms with Gasteiger partial charge in [-0.3, -0.25) is 4.79 Å². The van der Waals surface area contributed by atoms with Crippen molar-refractivity contribution in [3.05, 3.63) is 23.8 Å².